The summed E-state index contributed by atoms with van der Waals surface area (Å²) in [5.74, 6) is 1.44. The van der Waals surface area contributed by atoms with E-state index in [1.807, 2.05) is 26.0 Å². The smallest absolute Gasteiger partial charge is 0.243 e. The molecule has 1 saturated heterocycles. The summed E-state index contributed by atoms with van der Waals surface area (Å²) in [5, 5.41) is 7.35. The summed E-state index contributed by atoms with van der Waals surface area (Å²) in [7, 11) is 3.46. The highest BCUT2D eigenvalue weighted by atomic mass is 35.5. The average Bonchev–Trinajstić information content (AvgIpc) is 3.00. The van der Waals surface area contributed by atoms with E-state index in [0.29, 0.717) is 11.0 Å². The summed E-state index contributed by atoms with van der Waals surface area (Å²) in [6, 6.07) is 4.13. The Bertz CT molecular complexity index is 619. The molecule has 0 spiro atoms. The second kappa shape index (κ2) is 8.89. The molecule has 1 aliphatic rings. The number of nitrogens with one attached hydrogen (secondary N) is 2. The van der Waals surface area contributed by atoms with Crippen molar-refractivity contribution in [3.63, 3.8) is 0 Å². The maximum absolute atomic E-state index is 11.8. The maximum Gasteiger partial charge on any atom is 0.243 e. The minimum Gasteiger partial charge on any atom is -0.354 e. The summed E-state index contributed by atoms with van der Waals surface area (Å²) in [4.78, 5) is 24.3. The van der Waals surface area contributed by atoms with E-state index in [2.05, 4.69) is 25.5 Å². The van der Waals surface area contributed by atoms with Gasteiger partial charge in [-0.25, -0.2) is 9.98 Å². The number of aliphatic imine (C=N–C) groups is 1. The molecule has 138 valence electrons. The minimum atomic E-state index is -0.0295. The van der Waals surface area contributed by atoms with E-state index in [-0.39, 0.29) is 24.5 Å². The number of nitrogens with zero attached hydrogens (tertiary/aromatic N) is 4. The van der Waals surface area contributed by atoms with Crippen molar-refractivity contribution in [2.75, 3.05) is 38.6 Å². The molecule has 1 unspecified atom stereocenters. The molecule has 2 N–H and O–H groups in total. The molecule has 0 radical (unpaired) electrons. The van der Waals surface area contributed by atoms with Crippen LogP contribution < -0.4 is 15.5 Å². The van der Waals surface area contributed by atoms with Gasteiger partial charge in [0.1, 0.15) is 12.4 Å². The van der Waals surface area contributed by atoms with E-state index < -0.39 is 0 Å². The fourth-order valence-electron chi connectivity index (χ4n) is 2.57. The van der Waals surface area contributed by atoms with Crippen LogP contribution in [0.3, 0.4) is 0 Å². The van der Waals surface area contributed by atoms with Crippen molar-refractivity contribution in [1.29, 1.82) is 0 Å². The lowest BCUT2D eigenvalue weighted by atomic mass is 10.3. The summed E-state index contributed by atoms with van der Waals surface area (Å²) >= 11 is 6.24. The van der Waals surface area contributed by atoms with E-state index in [9.17, 15) is 4.79 Å². The lowest BCUT2D eigenvalue weighted by Crippen LogP contribution is -2.47. The van der Waals surface area contributed by atoms with Gasteiger partial charge in [-0.05, 0) is 32.4 Å². The Morgan fingerprint density at radius 3 is 2.92 bits per heavy atom. The number of carbonyl (C=O) groups is 1. The normalized spacial score (nSPS) is 17.8. The largest absolute Gasteiger partial charge is 0.354 e. The molecule has 1 aliphatic heterocycles. The Labute approximate surface area is 154 Å². The van der Waals surface area contributed by atoms with Crippen LogP contribution >= 0.6 is 11.6 Å². The first-order valence-electron chi connectivity index (χ1n) is 8.50. The van der Waals surface area contributed by atoms with Crippen molar-refractivity contribution in [3.8, 4) is 0 Å². The zero-order valence-corrected chi connectivity index (χ0v) is 16.0. The van der Waals surface area contributed by atoms with E-state index in [0.717, 1.165) is 25.3 Å². The zero-order valence-electron chi connectivity index (χ0n) is 15.3. The molecular weight excluding hydrogens is 340 g/mol. The molecule has 0 aliphatic carbocycles. The van der Waals surface area contributed by atoms with Crippen LogP contribution in [0.4, 0.5) is 5.82 Å². The van der Waals surface area contributed by atoms with E-state index in [4.69, 9.17) is 11.6 Å². The molecule has 8 heteroatoms. The second-order valence-corrected chi connectivity index (χ2v) is 7.04. The van der Waals surface area contributed by atoms with Crippen molar-refractivity contribution in [1.82, 2.24) is 20.5 Å². The molecule has 0 bridgehead atoms. The number of halogens is 1. The number of guanidine groups is 1. The van der Waals surface area contributed by atoms with Gasteiger partial charge in [0.15, 0.2) is 5.96 Å². The van der Waals surface area contributed by atoms with Crippen LogP contribution in [0.15, 0.2) is 23.3 Å². The summed E-state index contributed by atoms with van der Waals surface area (Å²) in [6.45, 7) is 5.87. The quantitative estimate of drug-likeness (QED) is 0.608. The van der Waals surface area contributed by atoms with Crippen LogP contribution in [0, 0.1) is 0 Å². The molecule has 0 aromatic carbocycles. The molecule has 0 saturated carbocycles. The van der Waals surface area contributed by atoms with E-state index in [1.165, 1.54) is 4.90 Å². The summed E-state index contributed by atoms with van der Waals surface area (Å²) in [5.41, 5.74) is 0. The summed E-state index contributed by atoms with van der Waals surface area (Å²) < 4.78 is 0. The number of carbonyl (C=O) groups excluding carboxylic acids is 1. The van der Waals surface area contributed by atoms with Crippen molar-refractivity contribution in [2.45, 2.75) is 32.4 Å². The fraction of sp³-hybridized carbons (Fsp3) is 0.588. The van der Waals surface area contributed by atoms with Gasteiger partial charge in [-0.1, -0.05) is 11.6 Å². The first-order chi connectivity index (χ1) is 11.9. The number of pyridine rings is 1. The van der Waals surface area contributed by atoms with E-state index >= 15 is 0 Å². The lowest BCUT2D eigenvalue weighted by molar-refractivity contribution is -0.127. The molecule has 1 aromatic rings. The number of aromatic nitrogens is 1. The molecule has 1 aromatic heterocycles. The zero-order chi connectivity index (χ0) is 18.4. The maximum atomic E-state index is 11.8. The second-order valence-electron chi connectivity index (χ2n) is 6.64. The predicted octanol–water partition coefficient (Wildman–Crippen LogP) is 1.35. The van der Waals surface area contributed by atoms with Crippen LogP contribution in [-0.2, 0) is 4.79 Å². The number of rotatable bonds is 5. The third-order valence-corrected chi connectivity index (χ3v) is 4.16. The Morgan fingerprint density at radius 2 is 2.28 bits per heavy atom. The van der Waals surface area contributed by atoms with Gasteiger partial charge in [0, 0.05) is 45.5 Å². The molecule has 25 heavy (non-hydrogen) atoms. The monoisotopic (exact) mass is 366 g/mol. The van der Waals surface area contributed by atoms with Crippen molar-refractivity contribution in [2.24, 2.45) is 4.99 Å². The molecule has 1 amide bonds. The van der Waals surface area contributed by atoms with Gasteiger partial charge in [-0.15, -0.1) is 0 Å². The Balaban J connectivity index is 1.98. The number of hydrogen-bond acceptors (Lipinski definition) is 4. The first-order valence-corrected chi connectivity index (χ1v) is 8.87. The van der Waals surface area contributed by atoms with Crippen molar-refractivity contribution >= 4 is 29.3 Å². The molecule has 1 fully saturated rings. The average molecular weight is 367 g/mol. The van der Waals surface area contributed by atoms with Gasteiger partial charge in [-0.2, -0.15) is 0 Å². The van der Waals surface area contributed by atoms with Crippen LogP contribution in [0.5, 0.6) is 0 Å². The Hall–Kier alpha value is -2.02. The van der Waals surface area contributed by atoms with Crippen LogP contribution in [0.25, 0.3) is 0 Å². The van der Waals surface area contributed by atoms with Gasteiger partial charge in [0.2, 0.25) is 5.91 Å². The SMILES string of the molecule is CC(C)NC(=NCC(=O)N(C)C)NC1CCN(c2ncccc2Cl)C1. The van der Waals surface area contributed by atoms with Gasteiger partial charge in [0.05, 0.1) is 5.02 Å². The molecule has 2 heterocycles. The standard InChI is InChI=1S/C17H27ClN6O/c1-12(2)21-17(20-10-15(25)23(3)4)22-13-7-9-24(11-13)16-14(18)6-5-8-19-16/h5-6,8,12-13H,7,9-11H2,1-4H3,(H2,20,21,22). The highest BCUT2D eigenvalue weighted by molar-refractivity contribution is 6.32. The lowest BCUT2D eigenvalue weighted by Gasteiger charge is -2.21. The first kappa shape index (κ1) is 19.3. The highest BCUT2D eigenvalue weighted by Gasteiger charge is 2.25. The van der Waals surface area contributed by atoms with Crippen molar-refractivity contribution < 1.29 is 4.79 Å². The molecular formula is C17H27ClN6O. The van der Waals surface area contributed by atoms with Gasteiger partial charge in [0.25, 0.3) is 0 Å². The van der Waals surface area contributed by atoms with E-state index in [1.54, 1.807) is 20.3 Å². The van der Waals surface area contributed by atoms with Gasteiger partial charge in [-0.3, -0.25) is 4.79 Å². The number of hydrogen-bond donors (Lipinski definition) is 2. The molecule has 1 atom stereocenters. The Morgan fingerprint density at radius 1 is 1.52 bits per heavy atom. The van der Waals surface area contributed by atoms with Crippen LogP contribution in [-0.4, -0.2) is 67.6 Å². The highest BCUT2D eigenvalue weighted by Crippen LogP contribution is 2.25. The third-order valence-electron chi connectivity index (χ3n) is 3.86. The van der Waals surface area contributed by atoms with Crippen LogP contribution in [0.2, 0.25) is 5.02 Å². The van der Waals surface area contributed by atoms with Crippen LogP contribution in [0.1, 0.15) is 20.3 Å². The number of likely N-dealkylation sites (N-methyl/N-ethyl adjacent to an activating group) is 1. The molecule has 7 nitrogen and oxygen atoms in total. The number of amides is 1. The fourth-order valence-corrected chi connectivity index (χ4v) is 2.81. The Kier molecular flexibility index (Phi) is 6.87. The van der Waals surface area contributed by atoms with Gasteiger partial charge < -0.3 is 20.4 Å². The summed E-state index contributed by atoms with van der Waals surface area (Å²) in [6.07, 6.45) is 2.70. The predicted molar refractivity (Wildman–Crippen MR) is 102 cm³/mol. The molecule has 2 rings (SSSR count). The minimum absolute atomic E-state index is 0.0295. The number of anilines is 1. The topological polar surface area (TPSA) is 72.9 Å². The van der Waals surface area contributed by atoms with Gasteiger partial charge >= 0.3 is 0 Å². The third kappa shape index (κ3) is 5.77. The van der Waals surface area contributed by atoms with Crippen molar-refractivity contribution in [3.05, 3.63) is 23.4 Å².